The van der Waals surface area contributed by atoms with Gasteiger partial charge in [-0.15, -0.1) is 11.3 Å². The molecule has 2 saturated carbocycles. The summed E-state index contributed by atoms with van der Waals surface area (Å²) in [5.74, 6) is 2.05. The van der Waals surface area contributed by atoms with Crippen LogP contribution in [0.2, 0.25) is 0 Å². The van der Waals surface area contributed by atoms with E-state index < -0.39 is 0 Å². The van der Waals surface area contributed by atoms with Crippen molar-refractivity contribution in [2.24, 2.45) is 11.8 Å². The van der Waals surface area contributed by atoms with Gasteiger partial charge in [0.25, 0.3) is 0 Å². The van der Waals surface area contributed by atoms with Crippen molar-refractivity contribution in [1.82, 2.24) is 10.3 Å². The lowest BCUT2D eigenvalue weighted by Gasteiger charge is -2.39. The molecule has 0 aliphatic heterocycles. The van der Waals surface area contributed by atoms with Gasteiger partial charge in [-0.05, 0) is 56.1 Å². The van der Waals surface area contributed by atoms with E-state index in [1.54, 1.807) is 11.3 Å². The molecule has 1 aromatic heterocycles. The van der Waals surface area contributed by atoms with Crippen LogP contribution in [0.25, 0.3) is 10.2 Å². The molecule has 134 valence electrons. The van der Waals surface area contributed by atoms with Crippen molar-refractivity contribution in [3.8, 4) is 0 Å². The Kier molecular flexibility index (Phi) is 5.35. The van der Waals surface area contributed by atoms with Gasteiger partial charge in [0.2, 0.25) is 5.91 Å². The fourth-order valence-corrected chi connectivity index (χ4v) is 5.74. The van der Waals surface area contributed by atoms with E-state index in [1.807, 2.05) is 6.07 Å². The monoisotopic (exact) mass is 356 g/mol. The molecule has 3 nitrogen and oxygen atoms in total. The van der Waals surface area contributed by atoms with Crippen LogP contribution in [0.3, 0.4) is 0 Å². The number of carbonyl (C=O) groups is 1. The molecule has 4 heteroatoms. The summed E-state index contributed by atoms with van der Waals surface area (Å²) in [5.41, 5.74) is 1.08. The van der Waals surface area contributed by atoms with E-state index in [2.05, 4.69) is 28.5 Å². The average Bonchev–Trinajstić information content (AvgIpc) is 3.04. The lowest BCUT2D eigenvalue weighted by molar-refractivity contribution is -0.122. The van der Waals surface area contributed by atoms with Gasteiger partial charge < -0.3 is 5.32 Å². The second-order valence-corrected chi connectivity index (χ2v) is 8.93. The number of fused-ring (bicyclic) bond motifs is 2. The van der Waals surface area contributed by atoms with Crippen LogP contribution in [-0.2, 0) is 11.2 Å². The summed E-state index contributed by atoms with van der Waals surface area (Å²) < 4.78 is 1.24. The minimum absolute atomic E-state index is 0.236. The van der Waals surface area contributed by atoms with Gasteiger partial charge in [0, 0.05) is 12.5 Å². The Morgan fingerprint density at radius 3 is 2.84 bits per heavy atom. The van der Waals surface area contributed by atoms with Crippen LogP contribution in [0.15, 0.2) is 24.3 Å². The number of nitrogens with one attached hydrogen (secondary N) is 1. The van der Waals surface area contributed by atoms with Crippen molar-refractivity contribution in [3.05, 3.63) is 29.3 Å². The molecule has 4 rings (SSSR count). The molecule has 0 bridgehead atoms. The van der Waals surface area contributed by atoms with E-state index in [4.69, 9.17) is 0 Å². The van der Waals surface area contributed by atoms with Crippen molar-refractivity contribution >= 4 is 27.5 Å². The Balaban J connectivity index is 1.21. The highest BCUT2D eigenvalue weighted by molar-refractivity contribution is 7.18. The molecule has 3 atom stereocenters. The van der Waals surface area contributed by atoms with Crippen LogP contribution in [0.5, 0.6) is 0 Å². The van der Waals surface area contributed by atoms with Crippen LogP contribution in [0.1, 0.15) is 62.8 Å². The van der Waals surface area contributed by atoms with Crippen molar-refractivity contribution in [2.45, 2.75) is 70.3 Å². The summed E-state index contributed by atoms with van der Waals surface area (Å²) in [7, 11) is 0. The third kappa shape index (κ3) is 4.22. The van der Waals surface area contributed by atoms with Crippen LogP contribution >= 0.6 is 11.3 Å². The van der Waals surface area contributed by atoms with Crippen LogP contribution in [0.4, 0.5) is 0 Å². The fourth-order valence-electron chi connectivity index (χ4n) is 4.73. The Labute approximate surface area is 154 Å². The van der Waals surface area contributed by atoms with E-state index in [-0.39, 0.29) is 5.91 Å². The zero-order chi connectivity index (χ0) is 17.1. The second-order valence-electron chi connectivity index (χ2n) is 7.81. The maximum absolute atomic E-state index is 12.3. The van der Waals surface area contributed by atoms with Gasteiger partial charge >= 0.3 is 0 Å². The summed E-state index contributed by atoms with van der Waals surface area (Å²) in [6, 6.07) is 8.68. The Hall–Kier alpha value is -1.42. The molecule has 1 amide bonds. The van der Waals surface area contributed by atoms with Gasteiger partial charge in [-0.1, -0.05) is 37.8 Å². The van der Waals surface area contributed by atoms with Crippen molar-refractivity contribution < 1.29 is 4.79 Å². The lowest BCUT2D eigenvalue weighted by atomic mass is 9.69. The molecule has 2 aliphatic carbocycles. The SMILES string of the molecule is O=C(CCCc1nc2ccccc2s1)N[C@@H]1CC[C@@H]2CCCC[C@H]2C1. The number of hydrogen-bond acceptors (Lipinski definition) is 3. The quantitative estimate of drug-likeness (QED) is 0.810. The molecule has 1 N–H and O–H groups in total. The van der Waals surface area contributed by atoms with Gasteiger partial charge in [-0.3, -0.25) is 4.79 Å². The fraction of sp³-hybridized carbons (Fsp3) is 0.619. The van der Waals surface area contributed by atoms with Crippen LogP contribution < -0.4 is 5.32 Å². The second kappa shape index (κ2) is 7.86. The van der Waals surface area contributed by atoms with Gasteiger partial charge in [0.1, 0.15) is 0 Å². The van der Waals surface area contributed by atoms with Crippen molar-refractivity contribution in [3.63, 3.8) is 0 Å². The third-order valence-electron chi connectivity index (χ3n) is 6.04. The molecule has 1 aromatic carbocycles. The predicted molar refractivity (Wildman–Crippen MR) is 104 cm³/mol. The number of benzene rings is 1. The molecular weight excluding hydrogens is 328 g/mol. The van der Waals surface area contributed by atoms with Gasteiger partial charge in [0.15, 0.2) is 0 Å². The Morgan fingerprint density at radius 1 is 1.12 bits per heavy atom. The van der Waals surface area contributed by atoms with E-state index >= 15 is 0 Å². The first kappa shape index (κ1) is 17.0. The van der Waals surface area contributed by atoms with Crippen LogP contribution in [0, 0.1) is 11.8 Å². The largest absolute Gasteiger partial charge is 0.353 e. The number of nitrogens with zero attached hydrogens (tertiary/aromatic N) is 1. The first-order valence-electron chi connectivity index (χ1n) is 9.92. The standard InChI is InChI=1S/C21H28N2OS/c24-20(22-17-13-12-15-6-1-2-7-16(15)14-17)10-5-11-21-23-18-8-3-4-9-19(18)25-21/h3-4,8-9,15-17H,1-2,5-7,10-14H2,(H,22,24)/t15-,16-,17+/m0/s1. The van der Waals surface area contributed by atoms with Gasteiger partial charge in [0.05, 0.1) is 15.2 Å². The summed E-state index contributed by atoms with van der Waals surface area (Å²) in [4.78, 5) is 17.0. The molecule has 2 fully saturated rings. The zero-order valence-electron chi connectivity index (χ0n) is 14.9. The van der Waals surface area contributed by atoms with Crippen molar-refractivity contribution in [1.29, 1.82) is 0 Å². The number of thiazole rings is 1. The number of aromatic nitrogens is 1. The highest BCUT2D eigenvalue weighted by Crippen LogP contribution is 2.40. The number of para-hydroxylation sites is 1. The predicted octanol–water partition coefficient (Wildman–Crippen LogP) is 5.09. The normalized spacial score (nSPS) is 26.3. The summed E-state index contributed by atoms with van der Waals surface area (Å²) in [6.07, 6.45) is 11.8. The van der Waals surface area contributed by atoms with Gasteiger partial charge in [-0.25, -0.2) is 4.98 Å². The highest BCUT2D eigenvalue weighted by atomic mass is 32.1. The van der Waals surface area contributed by atoms with E-state index in [1.165, 1.54) is 49.6 Å². The lowest BCUT2D eigenvalue weighted by Crippen LogP contribution is -2.41. The summed E-state index contributed by atoms with van der Waals surface area (Å²) >= 11 is 1.75. The third-order valence-corrected chi connectivity index (χ3v) is 7.13. The van der Waals surface area contributed by atoms with E-state index in [9.17, 15) is 4.79 Å². The van der Waals surface area contributed by atoms with E-state index in [0.29, 0.717) is 12.5 Å². The number of amides is 1. The first-order valence-corrected chi connectivity index (χ1v) is 10.7. The molecule has 2 aromatic rings. The Bertz CT molecular complexity index is 693. The highest BCUT2D eigenvalue weighted by Gasteiger charge is 2.32. The zero-order valence-corrected chi connectivity index (χ0v) is 15.7. The molecule has 25 heavy (non-hydrogen) atoms. The molecule has 0 spiro atoms. The maximum atomic E-state index is 12.3. The van der Waals surface area contributed by atoms with E-state index in [0.717, 1.165) is 35.2 Å². The van der Waals surface area contributed by atoms with Crippen LogP contribution in [-0.4, -0.2) is 16.9 Å². The minimum atomic E-state index is 0.236. The number of hydrogen-bond donors (Lipinski definition) is 1. The maximum Gasteiger partial charge on any atom is 0.220 e. The number of rotatable bonds is 5. The number of aryl methyl sites for hydroxylation is 1. The minimum Gasteiger partial charge on any atom is -0.353 e. The number of carbonyl (C=O) groups excluding carboxylic acids is 1. The topological polar surface area (TPSA) is 42.0 Å². The Morgan fingerprint density at radius 2 is 1.96 bits per heavy atom. The smallest absolute Gasteiger partial charge is 0.220 e. The van der Waals surface area contributed by atoms with Crippen molar-refractivity contribution in [2.75, 3.05) is 0 Å². The van der Waals surface area contributed by atoms with Gasteiger partial charge in [-0.2, -0.15) is 0 Å². The molecule has 1 heterocycles. The first-order chi connectivity index (χ1) is 12.3. The summed E-state index contributed by atoms with van der Waals surface area (Å²) in [6.45, 7) is 0. The molecule has 2 aliphatic rings. The molecule has 0 unspecified atom stereocenters. The molecule has 0 saturated heterocycles. The summed E-state index contributed by atoms with van der Waals surface area (Å²) in [5, 5.41) is 4.46. The molecular formula is C21H28N2OS. The molecule has 0 radical (unpaired) electrons. The average molecular weight is 357 g/mol.